The van der Waals surface area contributed by atoms with E-state index in [4.69, 9.17) is 11.6 Å². The van der Waals surface area contributed by atoms with E-state index in [2.05, 4.69) is 5.32 Å². The van der Waals surface area contributed by atoms with Crippen LogP contribution in [0, 0.1) is 12.7 Å². The van der Waals surface area contributed by atoms with E-state index in [1.807, 2.05) is 0 Å². The van der Waals surface area contributed by atoms with Gasteiger partial charge in [0.15, 0.2) is 0 Å². The second-order valence-corrected chi connectivity index (χ2v) is 4.50. The number of hydrogen-bond acceptors (Lipinski definition) is 1. The van der Waals surface area contributed by atoms with Crippen LogP contribution in [0.5, 0.6) is 0 Å². The minimum atomic E-state index is -0.447. The summed E-state index contributed by atoms with van der Waals surface area (Å²) < 4.78 is 13.7. The Bertz CT molecular complexity index is 613. The van der Waals surface area contributed by atoms with Crippen LogP contribution in [-0.4, -0.2) is 5.91 Å². The van der Waals surface area contributed by atoms with Crippen LogP contribution in [-0.2, 0) is 5.88 Å². The third kappa shape index (κ3) is 3.12. The zero-order chi connectivity index (χ0) is 13.8. The third-order valence-corrected chi connectivity index (χ3v) is 3.07. The van der Waals surface area contributed by atoms with Crippen LogP contribution in [0.2, 0.25) is 0 Å². The number of carbonyl (C=O) groups excluding carboxylic acids is 1. The molecule has 2 aromatic rings. The molecule has 2 rings (SSSR count). The van der Waals surface area contributed by atoms with Crippen molar-refractivity contribution >= 4 is 23.2 Å². The zero-order valence-electron chi connectivity index (χ0n) is 10.4. The average Bonchev–Trinajstić information content (AvgIpc) is 2.41. The van der Waals surface area contributed by atoms with Gasteiger partial charge in [-0.25, -0.2) is 4.39 Å². The molecule has 2 aromatic carbocycles. The Balaban J connectivity index is 2.26. The average molecular weight is 278 g/mol. The fraction of sp³-hybridized carbons (Fsp3) is 0.133. The minimum Gasteiger partial charge on any atom is -0.319 e. The number of hydrogen-bond donors (Lipinski definition) is 1. The molecule has 98 valence electrons. The normalized spacial score (nSPS) is 10.3. The number of alkyl halides is 1. The van der Waals surface area contributed by atoms with Gasteiger partial charge in [-0.1, -0.05) is 24.3 Å². The fourth-order valence-corrected chi connectivity index (χ4v) is 2.00. The molecule has 0 unspecified atom stereocenters. The first-order valence-electron chi connectivity index (χ1n) is 5.83. The molecule has 0 bridgehead atoms. The van der Waals surface area contributed by atoms with Gasteiger partial charge < -0.3 is 5.32 Å². The lowest BCUT2D eigenvalue weighted by Gasteiger charge is -2.09. The molecule has 1 N–H and O–H groups in total. The van der Waals surface area contributed by atoms with Crippen LogP contribution in [0.1, 0.15) is 21.5 Å². The molecule has 0 saturated carbocycles. The summed E-state index contributed by atoms with van der Waals surface area (Å²) in [7, 11) is 0. The van der Waals surface area contributed by atoms with Gasteiger partial charge in [0.05, 0.1) is 5.69 Å². The van der Waals surface area contributed by atoms with Crippen molar-refractivity contribution in [3.63, 3.8) is 0 Å². The number of benzene rings is 2. The summed E-state index contributed by atoms with van der Waals surface area (Å²) in [6.07, 6.45) is 0. The lowest BCUT2D eigenvalue weighted by Crippen LogP contribution is -2.14. The van der Waals surface area contributed by atoms with Gasteiger partial charge in [-0.2, -0.15) is 0 Å². The van der Waals surface area contributed by atoms with Crippen LogP contribution in [0.15, 0.2) is 42.5 Å². The second-order valence-electron chi connectivity index (χ2n) is 4.23. The molecule has 2 nitrogen and oxygen atoms in total. The number of carbonyl (C=O) groups is 1. The predicted molar refractivity (Wildman–Crippen MR) is 75.1 cm³/mol. The molecule has 0 fully saturated rings. The molecule has 0 saturated heterocycles. The predicted octanol–water partition coefficient (Wildman–Crippen LogP) is 4.13. The van der Waals surface area contributed by atoms with Gasteiger partial charge >= 0.3 is 0 Å². The fourth-order valence-electron chi connectivity index (χ4n) is 1.77. The molecule has 0 heterocycles. The number of nitrogens with one attached hydrogen (secondary N) is 1. The lowest BCUT2D eigenvalue weighted by molar-refractivity contribution is 0.102. The van der Waals surface area contributed by atoms with E-state index in [0.717, 1.165) is 5.56 Å². The Morgan fingerprint density at radius 1 is 1.26 bits per heavy atom. The van der Waals surface area contributed by atoms with Crippen molar-refractivity contribution in [2.75, 3.05) is 5.32 Å². The number of amides is 1. The Labute approximate surface area is 116 Å². The molecular weight excluding hydrogens is 265 g/mol. The molecule has 4 heteroatoms. The SMILES string of the molecule is Cc1ccc(NC(=O)c2ccccc2CCl)c(F)c1. The topological polar surface area (TPSA) is 29.1 Å². The summed E-state index contributed by atoms with van der Waals surface area (Å²) in [5.41, 5.74) is 2.14. The molecule has 0 aromatic heterocycles. The molecule has 0 atom stereocenters. The zero-order valence-corrected chi connectivity index (χ0v) is 11.2. The largest absolute Gasteiger partial charge is 0.319 e. The van der Waals surface area contributed by atoms with E-state index in [1.165, 1.54) is 6.07 Å². The minimum absolute atomic E-state index is 0.167. The van der Waals surface area contributed by atoms with E-state index < -0.39 is 5.82 Å². The molecule has 1 amide bonds. The van der Waals surface area contributed by atoms with E-state index in [9.17, 15) is 9.18 Å². The molecule has 0 radical (unpaired) electrons. The first kappa shape index (κ1) is 13.6. The highest BCUT2D eigenvalue weighted by molar-refractivity contribution is 6.18. The van der Waals surface area contributed by atoms with E-state index in [1.54, 1.807) is 43.3 Å². The monoisotopic (exact) mass is 277 g/mol. The number of rotatable bonds is 3. The van der Waals surface area contributed by atoms with Crippen molar-refractivity contribution in [3.05, 3.63) is 65.0 Å². The summed E-state index contributed by atoms with van der Waals surface area (Å²) in [5.74, 6) is -0.573. The highest BCUT2D eigenvalue weighted by Gasteiger charge is 2.12. The Morgan fingerprint density at radius 2 is 2.00 bits per heavy atom. The summed E-state index contributed by atoms with van der Waals surface area (Å²) in [5, 5.41) is 2.56. The van der Waals surface area contributed by atoms with Crippen LogP contribution in [0.25, 0.3) is 0 Å². The van der Waals surface area contributed by atoms with E-state index in [-0.39, 0.29) is 17.5 Å². The maximum absolute atomic E-state index is 13.7. The molecule has 19 heavy (non-hydrogen) atoms. The van der Waals surface area contributed by atoms with Gasteiger partial charge in [0.1, 0.15) is 5.82 Å². The van der Waals surface area contributed by atoms with Gasteiger partial charge in [0.25, 0.3) is 5.91 Å². The summed E-state index contributed by atoms with van der Waals surface area (Å²) in [6, 6.07) is 11.7. The summed E-state index contributed by atoms with van der Waals surface area (Å²) in [4.78, 5) is 12.1. The van der Waals surface area contributed by atoms with Gasteiger partial charge in [-0.15, -0.1) is 11.6 Å². The van der Waals surface area contributed by atoms with E-state index in [0.29, 0.717) is 11.1 Å². The van der Waals surface area contributed by atoms with Crippen molar-refractivity contribution in [3.8, 4) is 0 Å². The maximum atomic E-state index is 13.7. The number of anilines is 1. The van der Waals surface area contributed by atoms with Crippen LogP contribution < -0.4 is 5.32 Å². The van der Waals surface area contributed by atoms with Gasteiger partial charge in [0, 0.05) is 11.4 Å². The van der Waals surface area contributed by atoms with Crippen molar-refractivity contribution in [2.24, 2.45) is 0 Å². The van der Waals surface area contributed by atoms with Crippen LogP contribution in [0.3, 0.4) is 0 Å². The first-order valence-corrected chi connectivity index (χ1v) is 6.36. The third-order valence-electron chi connectivity index (χ3n) is 2.78. The molecular formula is C15H13ClFNO. The maximum Gasteiger partial charge on any atom is 0.256 e. The smallest absolute Gasteiger partial charge is 0.256 e. The molecule has 0 spiro atoms. The second kappa shape index (κ2) is 5.85. The standard InChI is InChI=1S/C15H13ClFNO/c1-10-6-7-14(13(17)8-10)18-15(19)12-5-3-2-4-11(12)9-16/h2-8H,9H2,1H3,(H,18,19). The van der Waals surface area contributed by atoms with Crippen LogP contribution >= 0.6 is 11.6 Å². The Morgan fingerprint density at radius 3 is 2.68 bits per heavy atom. The molecule has 0 aliphatic carbocycles. The number of aryl methyl sites for hydroxylation is 1. The quantitative estimate of drug-likeness (QED) is 0.840. The summed E-state index contributed by atoms with van der Waals surface area (Å²) in [6.45, 7) is 1.79. The van der Waals surface area contributed by atoms with Crippen molar-refractivity contribution in [1.29, 1.82) is 0 Å². The van der Waals surface area contributed by atoms with Crippen molar-refractivity contribution in [2.45, 2.75) is 12.8 Å². The van der Waals surface area contributed by atoms with Gasteiger partial charge in [-0.3, -0.25) is 4.79 Å². The van der Waals surface area contributed by atoms with Crippen molar-refractivity contribution < 1.29 is 9.18 Å². The highest BCUT2D eigenvalue weighted by atomic mass is 35.5. The highest BCUT2D eigenvalue weighted by Crippen LogP contribution is 2.18. The summed E-state index contributed by atoms with van der Waals surface area (Å²) >= 11 is 5.78. The number of halogens is 2. The molecule has 0 aliphatic rings. The van der Waals surface area contributed by atoms with Crippen molar-refractivity contribution in [1.82, 2.24) is 0 Å². The first-order chi connectivity index (χ1) is 9.11. The van der Waals surface area contributed by atoms with E-state index >= 15 is 0 Å². The van der Waals surface area contributed by atoms with Gasteiger partial charge in [0.2, 0.25) is 0 Å². The Hall–Kier alpha value is -1.87. The van der Waals surface area contributed by atoms with Crippen LogP contribution in [0.4, 0.5) is 10.1 Å². The lowest BCUT2D eigenvalue weighted by atomic mass is 10.1. The molecule has 0 aliphatic heterocycles. The van der Waals surface area contributed by atoms with Gasteiger partial charge in [-0.05, 0) is 36.2 Å². The Kier molecular flexibility index (Phi) is 4.17.